The Balaban J connectivity index is 1.47. The van der Waals surface area contributed by atoms with E-state index >= 15 is 0 Å². The highest BCUT2D eigenvalue weighted by Gasteiger charge is 2.23. The van der Waals surface area contributed by atoms with Gasteiger partial charge >= 0.3 is 0 Å². The van der Waals surface area contributed by atoms with Crippen LogP contribution in [0.2, 0.25) is 0 Å². The summed E-state index contributed by atoms with van der Waals surface area (Å²) in [6, 6.07) is 4.14. The molecule has 2 unspecified atom stereocenters. The predicted octanol–water partition coefficient (Wildman–Crippen LogP) is 3.06. The first-order valence-corrected chi connectivity index (χ1v) is 7.53. The minimum Gasteiger partial charge on any atom is -0.348 e. The molecule has 1 saturated heterocycles. The van der Waals surface area contributed by atoms with E-state index in [0.29, 0.717) is 6.61 Å². The van der Waals surface area contributed by atoms with E-state index in [9.17, 15) is 0 Å². The summed E-state index contributed by atoms with van der Waals surface area (Å²) in [6.45, 7) is 1.51. The minimum absolute atomic E-state index is 0.0654. The molecule has 102 valence electrons. The van der Waals surface area contributed by atoms with Gasteiger partial charge in [0.15, 0.2) is 6.29 Å². The monoisotopic (exact) mass is 278 g/mol. The van der Waals surface area contributed by atoms with Crippen molar-refractivity contribution in [3.8, 4) is 0 Å². The van der Waals surface area contributed by atoms with E-state index < -0.39 is 0 Å². The van der Waals surface area contributed by atoms with Crippen LogP contribution in [0, 0.1) is 0 Å². The smallest absolute Gasteiger partial charge is 0.158 e. The summed E-state index contributed by atoms with van der Waals surface area (Å²) in [4.78, 5) is 5.30. The second-order valence-corrected chi connectivity index (χ2v) is 5.80. The quantitative estimate of drug-likeness (QED) is 0.843. The largest absolute Gasteiger partial charge is 0.348 e. The fourth-order valence-corrected chi connectivity index (χ4v) is 2.94. The van der Waals surface area contributed by atoms with Crippen molar-refractivity contribution in [3.63, 3.8) is 0 Å². The zero-order chi connectivity index (χ0) is 12.9. The lowest BCUT2D eigenvalue weighted by Crippen LogP contribution is -2.32. The first-order valence-electron chi connectivity index (χ1n) is 6.65. The number of thiophene rings is 1. The average molecular weight is 278 g/mol. The van der Waals surface area contributed by atoms with Crippen LogP contribution in [0.4, 0.5) is 0 Å². The van der Waals surface area contributed by atoms with Crippen molar-refractivity contribution in [2.45, 2.75) is 44.8 Å². The Hall–Kier alpha value is -1.17. The molecule has 2 atom stereocenters. The Labute approximate surface area is 117 Å². The normalized spacial score (nSPS) is 23.6. The fourth-order valence-electron chi connectivity index (χ4n) is 2.32. The molecule has 1 fully saturated rings. The highest BCUT2D eigenvalue weighted by atomic mass is 32.1. The fraction of sp³-hybridized carbons (Fsp3) is 0.500. The summed E-state index contributed by atoms with van der Waals surface area (Å²) in [6.07, 6.45) is 9.02. The molecule has 2 aromatic rings. The zero-order valence-electron chi connectivity index (χ0n) is 10.8. The standard InChI is InChI=1S/C14H18N2O2S/c1-3-12(9-16-7-6-15-11-16)18-14(5-1)17-10-13-4-2-8-19-13/h2,4,6-8,11-12,14H,1,3,5,9-10H2. The van der Waals surface area contributed by atoms with Gasteiger partial charge in [0, 0.05) is 23.8 Å². The number of hydrogen-bond acceptors (Lipinski definition) is 4. The molecule has 3 heterocycles. The van der Waals surface area contributed by atoms with Gasteiger partial charge in [0.05, 0.1) is 19.0 Å². The highest BCUT2D eigenvalue weighted by Crippen LogP contribution is 2.22. The van der Waals surface area contributed by atoms with Crippen molar-refractivity contribution < 1.29 is 9.47 Å². The molecule has 0 aliphatic carbocycles. The molecule has 2 aromatic heterocycles. The van der Waals surface area contributed by atoms with Crippen molar-refractivity contribution >= 4 is 11.3 Å². The number of hydrogen-bond donors (Lipinski definition) is 0. The third-order valence-corrected chi connectivity index (χ3v) is 4.13. The molecule has 0 bridgehead atoms. The van der Waals surface area contributed by atoms with Gasteiger partial charge in [-0.3, -0.25) is 0 Å². The molecule has 1 aliphatic rings. The lowest BCUT2D eigenvalue weighted by atomic mass is 10.1. The molecule has 3 rings (SSSR count). The van der Waals surface area contributed by atoms with Crippen LogP contribution in [0.25, 0.3) is 0 Å². The van der Waals surface area contributed by atoms with Gasteiger partial charge in [-0.2, -0.15) is 0 Å². The summed E-state index contributed by atoms with van der Waals surface area (Å²) < 4.78 is 13.9. The Morgan fingerprint density at radius 3 is 3.26 bits per heavy atom. The third-order valence-electron chi connectivity index (χ3n) is 3.28. The summed E-state index contributed by atoms with van der Waals surface area (Å²) in [5.74, 6) is 0. The topological polar surface area (TPSA) is 36.3 Å². The van der Waals surface area contributed by atoms with Crippen LogP contribution in [0.1, 0.15) is 24.1 Å². The molecule has 0 aromatic carbocycles. The number of imidazole rings is 1. The summed E-state index contributed by atoms with van der Waals surface area (Å²) in [5, 5.41) is 2.07. The molecule has 19 heavy (non-hydrogen) atoms. The van der Waals surface area contributed by atoms with E-state index in [4.69, 9.17) is 9.47 Å². The summed E-state index contributed by atoms with van der Waals surface area (Å²) in [7, 11) is 0. The first kappa shape index (κ1) is 12.8. The molecule has 0 radical (unpaired) electrons. The van der Waals surface area contributed by atoms with Gasteiger partial charge in [-0.05, 0) is 30.7 Å². The minimum atomic E-state index is -0.0654. The Morgan fingerprint density at radius 2 is 2.47 bits per heavy atom. The second kappa shape index (κ2) is 6.32. The van der Waals surface area contributed by atoms with Crippen molar-refractivity contribution in [1.29, 1.82) is 0 Å². The van der Waals surface area contributed by atoms with Gasteiger partial charge in [0.1, 0.15) is 0 Å². The summed E-state index contributed by atoms with van der Waals surface area (Å²) in [5.41, 5.74) is 0. The van der Waals surface area contributed by atoms with Crippen molar-refractivity contribution in [2.75, 3.05) is 0 Å². The van der Waals surface area contributed by atoms with Crippen LogP contribution >= 0.6 is 11.3 Å². The van der Waals surface area contributed by atoms with Gasteiger partial charge in [0.25, 0.3) is 0 Å². The van der Waals surface area contributed by atoms with E-state index in [2.05, 4.69) is 21.0 Å². The van der Waals surface area contributed by atoms with Crippen LogP contribution in [-0.4, -0.2) is 21.9 Å². The van der Waals surface area contributed by atoms with E-state index in [0.717, 1.165) is 25.8 Å². The molecule has 0 N–H and O–H groups in total. The van der Waals surface area contributed by atoms with E-state index in [-0.39, 0.29) is 12.4 Å². The molecule has 0 spiro atoms. The SMILES string of the molecule is c1csc(COC2CCCC(Cn3ccnc3)O2)c1. The van der Waals surface area contributed by atoms with E-state index in [1.165, 1.54) is 4.88 Å². The number of aromatic nitrogens is 2. The lowest BCUT2D eigenvalue weighted by molar-refractivity contribution is -0.201. The van der Waals surface area contributed by atoms with E-state index in [1.54, 1.807) is 17.5 Å². The van der Waals surface area contributed by atoms with Crippen molar-refractivity contribution in [3.05, 3.63) is 41.1 Å². The number of rotatable bonds is 5. The van der Waals surface area contributed by atoms with Crippen LogP contribution in [0.15, 0.2) is 36.2 Å². The van der Waals surface area contributed by atoms with Gasteiger partial charge in [-0.15, -0.1) is 11.3 Å². The van der Waals surface area contributed by atoms with Gasteiger partial charge in [0.2, 0.25) is 0 Å². The molecule has 4 nitrogen and oxygen atoms in total. The second-order valence-electron chi connectivity index (χ2n) is 4.77. The lowest BCUT2D eigenvalue weighted by Gasteiger charge is -2.30. The molecule has 5 heteroatoms. The highest BCUT2D eigenvalue weighted by molar-refractivity contribution is 7.09. The number of nitrogens with zero attached hydrogens (tertiary/aromatic N) is 2. The van der Waals surface area contributed by atoms with Crippen LogP contribution in [0.5, 0.6) is 0 Å². The predicted molar refractivity (Wildman–Crippen MR) is 73.8 cm³/mol. The molecule has 1 aliphatic heterocycles. The van der Waals surface area contributed by atoms with Crippen LogP contribution in [-0.2, 0) is 22.6 Å². The maximum atomic E-state index is 5.99. The van der Waals surface area contributed by atoms with E-state index in [1.807, 2.05) is 18.6 Å². The molecular weight excluding hydrogens is 260 g/mol. The van der Waals surface area contributed by atoms with Crippen molar-refractivity contribution in [2.24, 2.45) is 0 Å². The Bertz CT molecular complexity index is 470. The molecule has 0 amide bonds. The van der Waals surface area contributed by atoms with Gasteiger partial charge in [-0.1, -0.05) is 6.07 Å². The maximum Gasteiger partial charge on any atom is 0.158 e. The Kier molecular flexibility index (Phi) is 4.27. The van der Waals surface area contributed by atoms with Crippen molar-refractivity contribution in [1.82, 2.24) is 9.55 Å². The van der Waals surface area contributed by atoms with Crippen LogP contribution < -0.4 is 0 Å². The van der Waals surface area contributed by atoms with Gasteiger partial charge in [-0.25, -0.2) is 4.98 Å². The molecule has 0 saturated carbocycles. The Morgan fingerprint density at radius 1 is 1.47 bits per heavy atom. The maximum absolute atomic E-state index is 5.99. The first-order chi connectivity index (χ1) is 9.40. The number of ether oxygens (including phenoxy) is 2. The zero-order valence-corrected chi connectivity index (χ0v) is 11.6. The summed E-state index contributed by atoms with van der Waals surface area (Å²) >= 11 is 1.72. The molecular formula is C14H18N2O2S. The van der Waals surface area contributed by atoms with Gasteiger partial charge < -0.3 is 14.0 Å². The average Bonchev–Trinajstić information content (AvgIpc) is 3.10. The van der Waals surface area contributed by atoms with Crippen LogP contribution in [0.3, 0.4) is 0 Å². The third kappa shape index (κ3) is 3.65.